The van der Waals surface area contributed by atoms with Gasteiger partial charge in [0.1, 0.15) is 15.7 Å². The quantitative estimate of drug-likeness (QED) is 0.707. The molecule has 1 amide bonds. The van der Waals surface area contributed by atoms with E-state index in [2.05, 4.69) is 10.3 Å². The zero-order valence-corrected chi connectivity index (χ0v) is 15.5. The van der Waals surface area contributed by atoms with Crippen LogP contribution in [0.5, 0.6) is 0 Å². The number of amides is 1. The van der Waals surface area contributed by atoms with Gasteiger partial charge in [0.15, 0.2) is 0 Å². The Kier molecular flexibility index (Phi) is 5.57. The Hall–Kier alpha value is -2.09. The summed E-state index contributed by atoms with van der Waals surface area (Å²) in [5.74, 6) is -0.442. The van der Waals surface area contributed by atoms with Gasteiger partial charge in [-0.15, -0.1) is 22.7 Å². The van der Waals surface area contributed by atoms with Crippen LogP contribution in [0.15, 0.2) is 48.0 Å². The second kappa shape index (κ2) is 7.86. The first-order chi connectivity index (χ1) is 12.0. The van der Waals surface area contributed by atoms with E-state index in [1.165, 1.54) is 23.5 Å². The minimum absolute atomic E-state index is 0.107. The van der Waals surface area contributed by atoms with Crippen LogP contribution in [0.4, 0.5) is 4.39 Å². The maximum Gasteiger partial charge on any atom is 0.263 e. The summed E-state index contributed by atoms with van der Waals surface area (Å²) in [6, 6.07) is 10.3. The van der Waals surface area contributed by atoms with Gasteiger partial charge in [0.2, 0.25) is 0 Å². The van der Waals surface area contributed by atoms with Gasteiger partial charge >= 0.3 is 0 Å². The fraction of sp³-hybridized carbons (Fsp3) is 0.222. The van der Waals surface area contributed by atoms with Crippen molar-refractivity contribution >= 4 is 28.6 Å². The molecule has 2 heterocycles. The minimum Gasteiger partial charge on any atom is -0.349 e. The zero-order chi connectivity index (χ0) is 17.8. The first-order valence-corrected chi connectivity index (χ1v) is 9.44. The summed E-state index contributed by atoms with van der Waals surface area (Å²) in [4.78, 5) is 20.3. The maximum atomic E-state index is 13.5. The Balaban J connectivity index is 1.68. The SMILES string of the molecule is CN(C)C(CNC(=O)c1cnc(-c2cccs2)s1)c1cccc(F)c1. The monoisotopic (exact) mass is 375 g/mol. The average Bonchev–Trinajstić information content (AvgIpc) is 3.26. The van der Waals surface area contributed by atoms with Crippen LogP contribution in [0.3, 0.4) is 0 Å². The third-order valence-electron chi connectivity index (χ3n) is 3.77. The first-order valence-electron chi connectivity index (χ1n) is 7.74. The number of nitrogens with zero attached hydrogens (tertiary/aromatic N) is 2. The molecule has 0 saturated heterocycles. The predicted octanol–water partition coefficient (Wildman–Crippen LogP) is 4.04. The van der Waals surface area contributed by atoms with Crippen LogP contribution in [-0.2, 0) is 0 Å². The Morgan fingerprint density at radius 2 is 2.16 bits per heavy atom. The summed E-state index contributed by atoms with van der Waals surface area (Å²) in [6.45, 7) is 0.390. The zero-order valence-electron chi connectivity index (χ0n) is 13.9. The number of hydrogen-bond acceptors (Lipinski definition) is 5. The first kappa shape index (κ1) is 17.7. The molecule has 1 aromatic carbocycles. The van der Waals surface area contributed by atoms with E-state index in [0.717, 1.165) is 15.4 Å². The van der Waals surface area contributed by atoms with E-state index in [4.69, 9.17) is 0 Å². The Morgan fingerprint density at radius 1 is 1.32 bits per heavy atom. The summed E-state index contributed by atoms with van der Waals surface area (Å²) < 4.78 is 13.5. The second-order valence-electron chi connectivity index (χ2n) is 5.75. The predicted molar refractivity (Wildman–Crippen MR) is 101 cm³/mol. The number of aromatic nitrogens is 1. The van der Waals surface area contributed by atoms with Gasteiger partial charge < -0.3 is 10.2 Å². The molecule has 25 heavy (non-hydrogen) atoms. The fourth-order valence-corrected chi connectivity index (χ4v) is 4.12. The Labute approximate surface area is 154 Å². The molecule has 1 N–H and O–H groups in total. The average molecular weight is 375 g/mol. The summed E-state index contributed by atoms with van der Waals surface area (Å²) in [7, 11) is 3.81. The number of thiazole rings is 1. The van der Waals surface area contributed by atoms with Crippen LogP contribution >= 0.6 is 22.7 Å². The normalized spacial score (nSPS) is 12.3. The number of halogens is 1. The molecular weight excluding hydrogens is 357 g/mol. The third kappa shape index (κ3) is 4.31. The number of nitrogens with one attached hydrogen (secondary N) is 1. The lowest BCUT2D eigenvalue weighted by molar-refractivity contribution is 0.0946. The highest BCUT2D eigenvalue weighted by Gasteiger charge is 2.18. The van der Waals surface area contributed by atoms with Gasteiger partial charge in [-0.1, -0.05) is 18.2 Å². The van der Waals surface area contributed by atoms with Crippen LogP contribution < -0.4 is 5.32 Å². The second-order valence-corrected chi connectivity index (χ2v) is 7.73. The van der Waals surface area contributed by atoms with Crippen LogP contribution in [0.25, 0.3) is 9.88 Å². The molecule has 2 aromatic heterocycles. The van der Waals surface area contributed by atoms with Crippen molar-refractivity contribution in [2.45, 2.75) is 6.04 Å². The van der Waals surface area contributed by atoms with Crippen molar-refractivity contribution in [3.05, 3.63) is 64.2 Å². The number of thiophene rings is 1. The highest BCUT2D eigenvalue weighted by molar-refractivity contribution is 7.21. The number of rotatable bonds is 6. The molecule has 4 nitrogen and oxygen atoms in total. The molecule has 7 heteroatoms. The van der Waals surface area contributed by atoms with E-state index in [1.54, 1.807) is 23.6 Å². The van der Waals surface area contributed by atoms with Gasteiger partial charge in [-0.2, -0.15) is 0 Å². The molecule has 0 aliphatic carbocycles. The van der Waals surface area contributed by atoms with Crippen LogP contribution in [0.2, 0.25) is 0 Å². The molecule has 0 aliphatic rings. The van der Waals surface area contributed by atoms with Crippen molar-refractivity contribution in [2.24, 2.45) is 0 Å². The van der Waals surface area contributed by atoms with E-state index < -0.39 is 0 Å². The molecule has 3 aromatic rings. The van der Waals surface area contributed by atoms with Crippen molar-refractivity contribution in [2.75, 3.05) is 20.6 Å². The van der Waals surface area contributed by atoms with Gasteiger partial charge in [-0.05, 0) is 43.2 Å². The molecule has 0 spiro atoms. The summed E-state index contributed by atoms with van der Waals surface area (Å²) >= 11 is 2.97. The van der Waals surface area contributed by atoms with Gasteiger partial charge in [0.25, 0.3) is 5.91 Å². The van der Waals surface area contributed by atoms with E-state index in [0.29, 0.717) is 11.4 Å². The van der Waals surface area contributed by atoms with Crippen LogP contribution in [-0.4, -0.2) is 36.4 Å². The number of hydrogen-bond donors (Lipinski definition) is 1. The number of likely N-dealkylation sites (N-methyl/N-ethyl adjacent to an activating group) is 1. The van der Waals surface area contributed by atoms with Crippen LogP contribution in [0.1, 0.15) is 21.3 Å². The molecule has 0 aliphatic heterocycles. The lowest BCUT2D eigenvalue weighted by Crippen LogP contribution is -2.34. The van der Waals surface area contributed by atoms with Gasteiger partial charge in [0, 0.05) is 6.54 Å². The van der Waals surface area contributed by atoms with Gasteiger partial charge in [-0.25, -0.2) is 9.37 Å². The molecule has 0 fully saturated rings. The van der Waals surface area contributed by atoms with Gasteiger partial charge in [0.05, 0.1) is 17.1 Å². The van der Waals surface area contributed by atoms with Crippen molar-refractivity contribution < 1.29 is 9.18 Å². The molecule has 1 atom stereocenters. The summed E-state index contributed by atoms with van der Waals surface area (Å²) in [5, 5.41) is 5.75. The van der Waals surface area contributed by atoms with Crippen molar-refractivity contribution in [1.82, 2.24) is 15.2 Å². The topological polar surface area (TPSA) is 45.2 Å². The minimum atomic E-state index is -0.279. The van der Waals surface area contributed by atoms with E-state index >= 15 is 0 Å². The fourth-order valence-electron chi connectivity index (χ4n) is 2.48. The molecule has 1 unspecified atom stereocenters. The van der Waals surface area contributed by atoms with E-state index in [9.17, 15) is 9.18 Å². The molecular formula is C18H18FN3OS2. The Morgan fingerprint density at radius 3 is 2.84 bits per heavy atom. The molecule has 130 valence electrons. The highest BCUT2D eigenvalue weighted by atomic mass is 32.1. The molecule has 0 saturated carbocycles. The lowest BCUT2D eigenvalue weighted by Gasteiger charge is -2.25. The standard InChI is InChI=1S/C18H18FN3OS2/c1-22(2)14(12-5-3-6-13(19)9-12)10-20-17(23)16-11-21-18(25-16)15-7-4-8-24-15/h3-9,11,14H,10H2,1-2H3,(H,20,23). The summed E-state index contributed by atoms with van der Waals surface area (Å²) in [6.07, 6.45) is 1.60. The molecule has 0 radical (unpaired) electrons. The Bertz CT molecular complexity index is 846. The van der Waals surface area contributed by atoms with Crippen molar-refractivity contribution in [1.29, 1.82) is 0 Å². The van der Waals surface area contributed by atoms with E-state index in [-0.39, 0.29) is 17.8 Å². The molecule has 0 bridgehead atoms. The number of carbonyl (C=O) groups is 1. The van der Waals surface area contributed by atoms with Crippen LogP contribution in [0, 0.1) is 5.82 Å². The van der Waals surface area contributed by atoms with Gasteiger partial charge in [-0.3, -0.25) is 4.79 Å². The largest absolute Gasteiger partial charge is 0.349 e. The number of benzene rings is 1. The molecule has 3 rings (SSSR count). The summed E-state index contributed by atoms with van der Waals surface area (Å²) in [5.41, 5.74) is 0.828. The van der Waals surface area contributed by atoms with E-state index in [1.807, 2.05) is 42.6 Å². The number of carbonyl (C=O) groups excluding carboxylic acids is 1. The lowest BCUT2D eigenvalue weighted by atomic mass is 10.1. The maximum absolute atomic E-state index is 13.5. The highest BCUT2D eigenvalue weighted by Crippen LogP contribution is 2.29. The van der Waals surface area contributed by atoms with Crippen molar-refractivity contribution in [3.8, 4) is 9.88 Å². The third-order valence-corrected chi connectivity index (χ3v) is 5.81. The smallest absolute Gasteiger partial charge is 0.263 e. The van der Waals surface area contributed by atoms with Crippen molar-refractivity contribution in [3.63, 3.8) is 0 Å².